The summed E-state index contributed by atoms with van der Waals surface area (Å²) in [6, 6.07) is 28.3. The fraction of sp³-hybridized carbons (Fsp3) is 0.542. The molecule has 57 heavy (non-hydrogen) atoms. The first-order valence-electron chi connectivity index (χ1n) is 21.5. The minimum atomic E-state index is -0.311. The first-order chi connectivity index (χ1) is 27.6. The molecule has 2 unspecified atom stereocenters. The number of ether oxygens (including phenoxy) is 1. The summed E-state index contributed by atoms with van der Waals surface area (Å²) >= 11 is 10.2. The molecule has 4 fully saturated rings. The zero-order chi connectivity index (χ0) is 40.1. The van der Waals surface area contributed by atoms with Gasteiger partial charge in [-0.1, -0.05) is 107 Å². The molecule has 8 rings (SSSR count). The molecule has 2 aromatic carbocycles. The van der Waals surface area contributed by atoms with Gasteiger partial charge in [-0.05, 0) is 167 Å². The molecule has 4 aromatic rings. The summed E-state index contributed by atoms with van der Waals surface area (Å²) < 4.78 is 9.50. The van der Waals surface area contributed by atoms with Crippen LogP contribution in [0.15, 0.2) is 111 Å². The SMILES string of the molecule is Brc1ccccn1.CC1(N2CCC(C(O)c3ccc(Br)cc3)CC2)CCCCC1.CC1(N2CCC(C(Oc3ccccn3)c3ccc(Br)cc3)CC2)CCCCC1. The van der Waals surface area contributed by atoms with E-state index in [9.17, 15) is 5.11 Å². The summed E-state index contributed by atoms with van der Waals surface area (Å²) in [5, 5.41) is 10.7. The van der Waals surface area contributed by atoms with Crippen LogP contribution in [0.25, 0.3) is 0 Å². The largest absolute Gasteiger partial charge is 0.469 e. The Bertz CT molecular complexity index is 1720. The summed E-state index contributed by atoms with van der Waals surface area (Å²) in [7, 11) is 0. The summed E-state index contributed by atoms with van der Waals surface area (Å²) in [6.07, 6.45) is 21.7. The number of aliphatic hydroxyl groups excluding tert-OH is 1. The van der Waals surface area contributed by atoms with Crippen LogP contribution in [-0.4, -0.2) is 62.1 Å². The molecule has 4 aliphatic rings. The van der Waals surface area contributed by atoms with Crippen molar-refractivity contribution in [3.05, 3.63) is 122 Å². The Morgan fingerprint density at radius 1 is 0.579 bits per heavy atom. The molecule has 308 valence electrons. The molecule has 2 atom stereocenters. The lowest BCUT2D eigenvalue weighted by Crippen LogP contribution is -2.51. The lowest BCUT2D eigenvalue weighted by atomic mass is 9.79. The molecule has 4 heterocycles. The van der Waals surface area contributed by atoms with Gasteiger partial charge in [0.1, 0.15) is 10.7 Å². The number of aliphatic hydroxyl groups is 1. The normalized spacial score (nSPS) is 21.5. The number of aromatic nitrogens is 2. The van der Waals surface area contributed by atoms with Crippen LogP contribution in [0.2, 0.25) is 0 Å². The van der Waals surface area contributed by atoms with Crippen molar-refractivity contribution in [1.29, 1.82) is 0 Å². The van der Waals surface area contributed by atoms with Crippen molar-refractivity contribution in [2.24, 2.45) is 11.8 Å². The van der Waals surface area contributed by atoms with E-state index in [1.165, 1.54) is 95.7 Å². The lowest BCUT2D eigenvalue weighted by molar-refractivity contribution is 0.00105. The van der Waals surface area contributed by atoms with Crippen LogP contribution in [-0.2, 0) is 0 Å². The zero-order valence-electron chi connectivity index (χ0n) is 34.1. The highest BCUT2D eigenvalue weighted by Gasteiger charge is 2.39. The smallest absolute Gasteiger partial charge is 0.213 e. The second-order valence-corrected chi connectivity index (χ2v) is 19.8. The van der Waals surface area contributed by atoms with E-state index in [-0.39, 0.29) is 12.2 Å². The van der Waals surface area contributed by atoms with Gasteiger partial charge in [0.2, 0.25) is 5.88 Å². The van der Waals surface area contributed by atoms with Crippen molar-refractivity contribution in [1.82, 2.24) is 19.8 Å². The molecule has 0 amide bonds. The maximum Gasteiger partial charge on any atom is 0.213 e. The van der Waals surface area contributed by atoms with E-state index in [1.807, 2.05) is 60.7 Å². The quantitative estimate of drug-likeness (QED) is 0.178. The second kappa shape index (κ2) is 21.9. The fourth-order valence-electron chi connectivity index (χ4n) is 9.67. The molecule has 1 N–H and O–H groups in total. The molecule has 2 aliphatic heterocycles. The minimum Gasteiger partial charge on any atom is -0.469 e. The molecule has 0 bridgehead atoms. The van der Waals surface area contributed by atoms with E-state index in [2.05, 4.69) is 106 Å². The third kappa shape index (κ3) is 12.9. The number of hydrogen-bond acceptors (Lipinski definition) is 6. The summed E-state index contributed by atoms with van der Waals surface area (Å²) in [5.41, 5.74) is 3.14. The maximum absolute atomic E-state index is 10.7. The van der Waals surface area contributed by atoms with Crippen LogP contribution < -0.4 is 4.74 Å². The standard InChI is InChI=1S/C24H31BrN2O.C19H28BrNO.C5H4BrN/c1-24(14-4-2-5-15-24)27-17-12-20(13-18-27)23(19-8-10-21(25)11-9-19)28-22-7-3-6-16-26-22;1-19(11-3-2-4-12-19)21-13-9-16(10-14-21)18(22)15-5-7-17(20)8-6-15;6-5-3-1-2-4-7-5/h3,6-11,16,20,23H,2,4-5,12-15,17-18H2,1H3;5-8,16,18,22H,2-4,9-14H2,1H3;1-4H. The number of pyridine rings is 2. The van der Waals surface area contributed by atoms with Crippen molar-refractivity contribution in [2.75, 3.05) is 26.2 Å². The number of rotatable bonds is 8. The van der Waals surface area contributed by atoms with Crippen LogP contribution in [0.5, 0.6) is 5.88 Å². The first kappa shape index (κ1) is 44.4. The van der Waals surface area contributed by atoms with Gasteiger partial charge in [-0.2, -0.15) is 0 Å². The Balaban J connectivity index is 0.000000168. The highest BCUT2D eigenvalue weighted by atomic mass is 79.9. The van der Waals surface area contributed by atoms with Crippen LogP contribution in [0, 0.1) is 11.8 Å². The van der Waals surface area contributed by atoms with Crippen LogP contribution in [0.1, 0.15) is 127 Å². The predicted octanol–water partition coefficient (Wildman–Crippen LogP) is 13.2. The van der Waals surface area contributed by atoms with E-state index in [0.29, 0.717) is 22.9 Å². The number of hydrogen-bond donors (Lipinski definition) is 1. The van der Waals surface area contributed by atoms with Crippen molar-refractivity contribution in [3.8, 4) is 5.88 Å². The monoisotopic (exact) mass is 964 g/mol. The molecule has 0 radical (unpaired) electrons. The number of nitrogens with zero attached hydrogens (tertiary/aromatic N) is 4. The third-order valence-corrected chi connectivity index (χ3v) is 14.8. The molecular weight excluding hydrogens is 904 g/mol. The van der Waals surface area contributed by atoms with E-state index in [4.69, 9.17) is 4.74 Å². The summed E-state index contributed by atoms with van der Waals surface area (Å²) in [5.74, 6) is 1.65. The maximum atomic E-state index is 10.7. The highest BCUT2D eigenvalue weighted by Crippen LogP contribution is 2.41. The average molecular weight is 968 g/mol. The number of likely N-dealkylation sites (tertiary alicyclic amines) is 2. The molecule has 0 spiro atoms. The summed E-state index contributed by atoms with van der Waals surface area (Å²) in [4.78, 5) is 13.8. The minimum absolute atomic E-state index is 0.0595. The van der Waals surface area contributed by atoms with Gasteiger partial charge in [0.05, 0.1) is 6.10 Å². The van der Waals surface area contributed by atoms with Gasteiger partial charge in [0, 0.05) is 44.4 Å². The lowest BCUT2D eigenvalue weighted by Gasteiger charge is -2.48. The zero-order valence-corrected chi connectivity index (χ0v) is 38.8. The van der Waals surface area contributed by atoms with Crippen LogP contribution in [0.3, 0.4) is 0 Å². The number of benzene rings is 2. The molecule has 6 nitrogen and oxygen atoms in total. The predicted molar refractivity (Wildman–Crippen MR) is 244 cm³/mol. The first-order valence-corrected chi connectivity index (χ1v) is 23.8. The average Bonchev–Trinajstić information content (AvgIpc) is 3.25. The third-order valence-electron chi connectivity index (χ3n) is 13.3. The van der Waals surface area contributed by atoms with Crippen molar-refractivity contribution in [3.63, 3.8) is 0 Å². The number of piperidine rings is 2. The molecular formula is C48H63Br3N4O2. The van der Waals surface area contributed by atoms with E-state index >= 15 is 0 Å². The van der Waals surface area contributed by atoms with Crippen LogP contribution >= 0.6 is 47.8 Å². The molecule has 2 saturated heterocycles. The van der Waals surface area contributed by atoms with Gasteiger partial charge in [-0.15, -0.1) is 0 Å². The molecule has 2 saturated carbocycles. The van der Waals surface area contributed by atoms with Gasteiger partial charge in [0.15, 0.2) is 0 Å². The van der Waals surface area contributed by atoms with Crippen molar-refractivity contribution >= 4 is 47.8 Å². The van der Waals surface area contributed by atoms with Gasteiger partial charge in [0.25, 0.3) is 0 Å². The van der Waals surface area contributed by atoms with Crippen molar-refractivity contribution < 1.29 is 9.84 Å². The Kier molecular flexibility index (Phi) is 17.1. The van der Waals surface area contributed by atoms with Gasteiger partial charge < -0.3 is 9.84 Å². The number of halogens is 3. The van der Waals surface area contributed by atoms with Gasteiger partial charge >= 0.3 is 0 Å². The fourth-order valence-corrected chi connectivity index (χ4v) is 10.5. The Morgan fingerprint density at radius 3 is 1.46 bits per heavy atom. The van der Waals surface area contributed by atoms with Gasteiger partial charge in [-0.3, -0.25) is 9.80 Å². The topological polar surface area (TPSA) is 61.7 Å². The Hall–Kier alpha value is -2.14. The second-order valence-electron chi connectivity index (χ2n) is 17.2. The highest BCUT2D eigenvalue weighted by molar-refractivity contribution is 9.11. The van der Waals surface area contributed by atoms with Gasteiger partial charge in [-0.25, -0.2) is 9.97 Å². The van der Waals surface area contributed by atoms with E-state index in [1.54, 1.807) is 12.4 Å². The van der Waals surface area contributed by atoms with E-state index < -0.39 is 0 Å². The van der Waals surface area contributed by atoms with E-state index in [0.717, 1.165) is 50.9 Å². The Morgan fingerprint density at radius 2 is 1.04 bits per heavy atom. The molecule has 2 aromatic heterocycles. The Labute approximate surface area is 368 Å². The molecule has 2 aliphatic carbocycles. The molecule has 9 heteroatoms. The van der Waals surface area contributed by atoms with Crippen molar-refractivity contribution in [2.45, 2.75) is 127 Å². The van der Waals surface area contributed by atoms with Crippen LogP contribution in [0.4, 0.5) is 0 Å². The summed E-state index contributed by atoms with van der Waals surface area (Å²) in [6.45, 7) is 9.60.